The zero-order valence-electron chi connectivity index (χ0n) is 11.7. The number of hydrogen-bond acceptors (Lipinski definition) is 1. The van der Waals surface area contributed by atoms with Gasteiger partial charge in [-0.05, 0) is 39.2 Å². The molecule has 0 saturated carbocycles. The van der Waals surface area contributed by atoms with Crippen LogP contribution in [0.25, 0.3) is 0 Å². The Morgan fingerprint density at radius 3 is 2.15 bits per heavy atom. The summed E-state index contributed by atoms with van der Waals surface area (Å²) < 4.78 is 53.1. The summed E-state index contributed by atoms with van der Waals surface area (Å²) in [5.74, 6) is 0. The Morgan fingerprint density at radius 2 is 1.70 bits per heavy atom. The molecule has 0 fully saturated rings. The molecule has 0 saturated heterocycles. The second-order valence-electron chi connectivity index (χ2n) is 5.38. The first-order valence-electron chi connectivity index (χ1n) is 6.21. The Labute approximate surface area is 119 Å². The van der Waals surface area contributed by atoms with Gasteiger partial charge in [0.05, 0.1) is 4.75 Å². The van der Waals surface area contributed by atoms with Crippen molar-refractivity contribution in [2.45, 2.75) is 44.5 Å². The van der Waals surface area contributed by atoms with Crippen molar-refractivity contribution in [1.82, 2.24) is 0 Å². The van der Waals surface area contributed by atoms with Crippen LogP contribution in [0.1, 0.15) is 32.8 Å². The van der Waals surface area contributed by atoms with E-state index in [1.54, 1.807) is 51.1 Å². The zero-order chi connectivity index (χ0) is 15.4. The highest BCUT2D eigenvalue weighted by atomic mass is 32.2. The third-order valence-electron chi connectivity index (χ3n) is 2.54. The molecule has 1 rings (SSSR count). The molecule has 1 aromatic rings. The van der Waals surface area contributed by atoms with Crippen molar-refractivity contribution in [2.75, 3.05) is 0 Å². The minimum absolute atomic E-state index is 0.223. The number of hydrogen-bond donors (Lipinski definition) is 0. The second-order valence-corrected chi connectivity index (χ2v) is 7.29. The molecular formula is C14H18F3NOS. The summed E-state index contributed by atoms with van der Waals surface area (Å²) in [6.45, 7) is 4.79. The first kappa shape index (κ1) is 16.9. The summed E-state index contributed by atoms with van der Waals surface area (Å²) in [5.41, 5.74) is -0.166. The molecule has 2 nitrogen and oxygen atoms in total. The minimum Gasteiger partial charge on any atom is -0.234 e. The van der Waals surface area contributed by atoms with Gasteiger partial charge in [-0.1, -0.05) is 30.3 Å². The van der Waals surface area contributed by atoms with Crippen LogP contribution in [0.4, 0.5) is 13.2 Å². The van der Waals surface area contributed by atoms with Crippen molar-refractivity contribution in [2.24, 2.45) is 4.40 Å². The van der Waals surface area contributed by atoms with Crippen LogP contribution in [0.2, 0.25) is 0 Å². The topological polar surface area (TPSA) is 29.4 Å². The fourth-order valence-electron chi connectivity index (χ4n) is 1.38. The van der Waals surface area contributed by atoms with E-state index in [2.05, 4.69) is 4.40 Å². The monoisotopic (exact) mass is 305 g/mol. The Hall–Kier alpha value is -1.17. The summed E-state index contributed by atoms with van der Waals surface area (Å²) in [4.78, 5) is 0. The first-order chi connectivity index (χ1) is 9.10. The van der Waals surface area contributed by atoms with Gasteiger partial charge < -0.3 is 0 Å². The average molecular weight is 305 g/mol. The summed E-state index contributed by atoms with van der Waals surface area (Å²) in [6, 6.07) is 8.86. The van der Waals surface area contributed by atoms with Gasteiger partial charge in [-0.3, -0.25) is 0 Å². The third kappa shape index (κ3) is 5.45. The third-order valence-corrected chi connectivity index (χ3v) is 3.97. The van der Waals surface area contributed by atoms with Crippen molar-refractivity contribution in [1.29, 1.82) is 0 Å². The number of rotatable bonds is 4. The Balaban J connectivity index is 2.87. The Kier molecular flexibility index (Phi) is 5.50. The number of benzene rings is 1. The minimum atomic E-state index is -4.55. The maximum absolute atomic E-state index is 12.9. The molecule has 0 N–H and O–H groups in total. The van der Waals surface area contributed by atoms with Crippen LogP contribution in [-0.2, 0) is 17.4 Å². The van der Waals surface area contributed by atoms with Crippen molar-refractivity contribution >= 4 is 16.7 Å². The normalized spacial score (nSPS) is 15.2. The van der Waals surface area contributed by atoms with Gasteiger partial charge in [0.2, 0.25) is 0 Å². The molecule has 0 aromatic heterocycles. The molecule has 0 radical (unpaired) electrons. The van der Waals surface area contributed by atoms with Gasteiger partial charge in [-0.15, -0.1) is 0 Å². The highest BCUT2D eigenvalue weighted by Gasteiger charge is 2.36. The van der Waals surface area contributed by atoms with E-state index in [1.807, 2.05) is 0 Å². The van der Waals surface area contributed by atoms with E-state index in [9.17, 15) is 17.4 Å². The van der Waals surface area contributed by atoms with E-state index in [4.69, 9.17) is 0 Å². The molecule has 0 aliphatic rings. The van der Waals surface area contributed by atoms with Crippen molar-refractivity contribution in [3.8, 4) is 0 Å². The molecule has 0 amide bonds. The van der Waals surface area contributed by atoms with Crippen molar-refractivity contribution in [3.63, 3.8) is 0 Å². The SMILES string of the molecule is CC(C)(C)[S@@](=O)/N=C(\CCc1ccccc1)C(F)(F)F. The quantitative estimate of drug-likeness (QED) is 0.771. The predicted molar refractivity (Wildman–Crippen MR) is 76.1 cm³/mol. The summed E-state index contributed by atoms with van der Waals surface area (Å²) in [6.07, 6.45) is -4.59. The largest absolute Gasteiger partial charge is 0.430 e. The molecule has 1 aromatic carbocycles. The van der Waals surface area contributed by atoms with E-state index < -0.39 is 27.6 Å². The van der Waals surface area contributed by atoms with Gasteiger partial charge in [0.15, 0.2) is 0 Å². The molecule has 6 heteroatoms. The molecule has 112 valence electrons. The van der Waals surface area contributed by atoms with Gasteiger partial charge in [-0.25, -0.2) is 4.21 Å². The van der Waals surface area contributed by atoms with Crippen LogP contribution >= 0.6 is 0 Å². The molecule has 0 aliphatic carbocycles. The smallest absolute Gasteiger partial charge is 0.234 e. The highest BCUT2D eigenvalue weighted by molar-refractivity contribution is 7.85. The van der Waals surface area contributed by atoms with Gasteiger partial charge in [0.1, 0.15) is 16.7 Å². The van der Waals surface area contributed by atoms with Gasteiger partial charge in [0, 0.05) is 0 Å². The van der Waals surface area contributed by atoms with Crippen molar-refractivity contribution < 1.29 is 17.4 Å². The van der Waals surface area contributed by atoms with Crippen LogP contribution in [0.3, 0.4) is 0 Å². The molecular weight excluding hydrogens is 287 g/mol. The zero-order valence-corrected chi connectivity index (χ0v) is 12.5. The lowest BCUT2D eigenvalue weighted by Crippen LogP contribution is -2.28. The molecule has 0 heterocycles. The predicted octanol–water partition coefficient (Wildman–Crippen LogP) is 4.08. The molecule has 0 aliphatic heterocycles. The molecule has 0 unspecified atom stereocenters. The molecule has 1 atom stereocenters. The van der Waals surface area contributed by atoms with Crippen LogP contribution < -0.4 is 0 Å². The first-order valence-corrected chi connectivity index (χ1v) is 7.32. The molecule has 20 heavy (non-hydrogen) atoms. The average Bonchev–Trinajstić information content (AvgIpc) is 2.32. The lowest BCUT2D eigenvalue weighted by atomic mass is 10.1. The maximum atomic E-state index is 12.9. The van der Waals surface area contributed by atoms with Crippen LogP contribution in [-0.4, -0.2) is 20.8 Å². The number of aryl methyl sites for hydroxylation is 1. The summed E-state index contributed by atoms with van der Waals surface area (Å²) >= 11 is 0. The van der Waals surface area contributed by atoms with Gasteiger partial charge in [-0.2, -0.15) is 17.6 Å². The Morgan fingerprint density at radius 1 is 1.15 bits per heavy atom. The van der Waals surface area contributed by atoms with Crippen LogP contribution in [0.5, 0.6) is 0 Å². The fourth-order valence-corrected chi connectivity index (χ4v) is 2.05. The summed E-state index contributed by atoms with van der Waals surface area (Å²) in [5, 5.41) is 0. The van der Waals surface area contributed by atoms with Crippen LogP contribution in [0.15, 0.2) is 34.7 Å². The maximum Gasteiger partial charge on any atom is 0.430 e. The Bertz CT molecular complexity index is 489. The number of nitrogens with zero attached hydrogens (tertiary/aromatic N) is 1. The lowest BCUT2D eigenvalue weighted by Gasteiger charge is -2.16. The van der Waals surface area contributed by atoms with Gasteiger partial charge >= 0.3 is 6.18 Å². The number of halogens is 3. The van der Waals surface area contributed by atoms with Crippen molar-refractivity contribution in [3.05, 3.63) is 35.9 Å². The second kappa shape index (κ2) is 6.52. The highest BCUT2D eigenvalue weighted by Crippen LogP contribution is 2.23. The van der Waals surface area contributed by atoms with E-state index >= 15 is 0 Å². The lowest BCUT2D eigenvalue weighted by molar-refractivity contribution is -0.0602. The van der Waals surface area contributed by atoms with E-state index in [-0.39, 0.29) is 12.8 Å². The van der Waals surface area contributed by atoms with Gasteiger partial charge in [0.25, 0.3) is 0 Å². The summed E-state index contributed by atoms with van der Waals surface area (Å²) in [7, 11) is -1.90. The molecule has 0 bridgehead atoms. The van der Waals surface area contributed by atoms with E-state index in [0.717, 1.165) is 5.56 Å². The molecule has 0 spiro atoms. The fraction of sp³-hybridized carbons (Fsp3) is 0.500. The standard InChI is InChI=1S/C14H18F3NOS/c1-13(2,3)20(19)18-12(14(15,16)17)10-9-11-7-5-4-6-8-11/h4-8H,9-10H2,1-3H3/b18-12+/t20-/m1/s1. The number of alkyl halides is 3. The van der Waals surface area contributed by atoms with Crippen LogP contribution in [0, 0.1) is 0 Å². The van der Waals surface area contributed by atoms with E-state index in [0.29, 0.717) is 0 Å². The van der Waals surface area contributed by atoms with E-state index in [1.165, 1.54) is 0 Å².